The first-order valence-corrected chi connectivity index (χ1v) is 5.83. The highest BCUT2D eigenvalue weighted by atomic mass is 19.1. The quantitative estimate of drug-likeness (QED) is 0.818. The molecule has 0 aliphatic carbocycles. The molecule has 1 heterocycles. The van der Waals surface area contributed by atoms with Crippen LogP contribution in [-0.2, 0) is 4.74 Å². The van der Waals surface area contributed by atoms with Crippen molar-refractivity contribution in [2.24, 2.45) is 0 Å². The normalized spacial score (nSPS) is 16.6. The Morgan fingerprint density at radius 2 is 1.83 bits per heavy atom. The first kappa shape index (κ1) is 13.1. The summed E-state index contributed by atoms with van der Waals surface area (Å²) in [4.78, 5) is 2.09. The number of benzene rings is 1. The Bertz CT molecular complexity index is 405. The molecule has 0 amide bonds. The Kier molecular flexibility index (Phi) is 4.38. The Labute approximate surface area is 106 Å². The van der Waals surface area contributed by atoms with Crippen molar-refractivity contribution in [2.75, 3.05) is 40.5 Å². The first-order chi connectivity index (χ1) is 8.74. The monoisotopic (exact) mass is 254 g/mol. The van der Waals surface area contributed by atoms with Crippen molar-refractivity contribution in [3.8, 4) is 11.5 Å². The second kappa shape index (κ2) is 6.02. The summed E-state index contributed by atoms with van der Waals surface area (Å²) in [6, 6.07) is 2.98. The number of ether oxygens (including phenoxy) is 3. The standard InChI is InChI=1S/C13H17FNO3/c1-16-12-8-13(17-2)11(14)7-10(12)9-15-3-5-18-6-4-15/h7-9H,3-6H2,1-2H3. The zero-order chi connectivity index (χ0) is 13.0. The van der Waals surface area contributed by atoms with Crippen LogP contribution in [-0.4, -0.2) is 45.4 Å². The van der Waals surface area contributed by atoms with E-state index in [1.54, 1.807) is 13.2 Å². The second-order valence-electron chi connectivity index (χ2n) is 4.01. The molecule has 1 radical (unpaired) electrons. The van der Waals surface area contributed by atoms with Gasteiger partial charge in [-0.25, -0.2) is 4.39 Å². The zero-order valence-electron chi connectivity index (χ0n) is 10.6. The SMILES string of the molecule is COc1cc(OC)c([CH]N2CCOCC2)cc1F. The van der Waals surface area contributed by atoms with Gasteiger partial charge in [0.15, 0.2) is 11.6 Å². The molecule has 1 fully saturated rings. The van der Waals surface area contributed by atoms with Crippen molar-refractivity contribution >= 4 is 0 Å². The molecule has 1 saturated heterocycles. The minimum atomic E-state index is -0.391. The smallest absolute Gasteiger partial charge is 0.165 e. The first-order valence-electron chi connectivity index (χ1n) is 5.83. The van der Waals surface area contributed by atoms with Gasteiger partial charge >= 0.3 is 0 Å². The summed E-state index contributed by atoms with van der Waals surface area (Å²) < 4.78 is 29.1. The Morgan fingerprint density at radius 1 is 1.17 bits per heavy atom. The molecule has 1 aromatic rings. The lowest BCUT2D eigenvalue weighted by Crippen LogP contribution is -2.34. The van der Waals surface area contributed by atoms with Crippen LogP contribution in [0.3, 0.4) is 0 Å². The molecule has 0 aromatic heterocycles. The molecule has 0 bridgehead atoms. The lowest BCUT2D eigenvalue weighted by atomic mass is 10.1. The third kappa shape index (κ3) is 2.91. The van der Waals surface area contributed by atoms with E-state index in [-0.39, 0.29) is 5.75 Å². The highest BCUT2D eigenvalue weighted by Crippen LogP contribution is 2.29. The van der Waals surface area contributed by atoms with Gasteiger partial charge in [0.1, 0.15) is 5.75 Å². The van der Waals surface area contributed by atoms with Crippen molar-refractivity contribution in [1.82, 2.24) is 4.90 Å². The molecule has 0 spiro atoms. The third-order valence-corrected chi connectivity index (χ3v) is 2.87. The molecule has 5 heteroatoms. The number of nitrogens with zero attached hydrogens (tertiary/aromatic N) is 1. The predicted molar refractivity (Wildman–Crippen MR) is 65.3 cm³/mol. The molecule has 0 saturated carbocycles. The minimum absolute atomic E-state index is 0.186. The molecule has 0 unspecified atom stereocenters. The van der Waals surface area contributed by atoms with Crippen LogP contribution in [0, 0.1) is 12.4 Å². The van der Waals surface area contributed by atoms with Crippen molar-refractivity contribution in [3.63, 3.8) is 0 Å². The molecule has 1 aromatic carbocycles. The van der Waals surface area contributed by atoms with Gasteiger partial charge in [0, 0.05) is 24.7 Å². The topological polar surface area (TPSA) is 30.9 Å². The van der Waals surface area contributed by atoms with Gasteiger partial charge in [-0.3, -0.25) is 4.90 Å². The highest BCUT2D eigenvalue weighted by molar-refractivity contribution is 5.45. The van der Waals surface area contributed by atoms with Crippen LogP contribution in [0.5, 0.6) is 11.5 Å². The molecule has 18 heavy (non-hydrogen) atoms. The summed E-state index contributed by atoms with van der Waals surface area (Å²) >= 11 is 0. The number of methoxy groups -OCH3 is 2. The van der Waals surface area contributed by atoms with Gasteiger partial charge in [0.25, 0.3) is 0 Å². The van der Waals surface area contributed by atoms with E-state index >= 15 is 0 Å². The molecular weight excluding hydrogens is 237 g/mol. The highest BCUT2D eigenvalue weighted by Gasteiger charge is 2.16. The Morgan fingerprint density at radius 3 is 2.44 bits per heavy atom. The van der Waals surface area contributed by atoms with E-state index in [9.17, 15) is 4.39 Å². The van der Waals surface area contributed by atoms with E-state index in [2.05, 4.69) is 4.90 Å². The second-order valence-corrected chi connectivity index (χ2v) is 4.01. The number of hydrogen-bond acceptors (Lipinski definition) is 4. The predicted octanol–water partition coefficient (Wildman–Crippen LogP) is 1.68. The van der Waals surface area contributed by atoms with E-state index in [4.69, 9.17) is 14.2 Å². The van der Waals surface area contributed by atoms with E-state index in [0.29, 0.717) is 24.5 Å². The van der Waals surface area contributed by atoms with Gasteiger partial charge in [-0.2, -0.15) is 0 Å². The molecule has 4 nitrogen and oxygen atoms in total. The molecular formula is C13H17FNO3. The van der Waals surface area contributed by atoms with Crippen molar-refractivity contribution in [3.05, 3.63) is 30.1 Å². The number of morpholine rings is 1. The lowest BCUT2D eigenvalue weighted by Gasteiger charge is -2.26. The average molecular weight is 254 g/mol. The number of hydrogen-bond donors (Lipinski definition) is 0. The van der Waals surface area contributed by atoms with E-state index in [0.717, 1.165) is 13.1 Å². The summed E-state index contributed by atoms with van der Waals surface area (Å²) in [6.45, 7) is 4.88. The van der Waals surface area contributed by atoms with Crippen LogP contribution in [0.2, 0.25) is 0 Å². The van der Waals surface area contributed by atoms with Gasteiger partial charge in [-0.05, 0) is 6.07 Å². The minimum Gasteiger partial charge on any atom is -0.496 e. The molecule has 2 rings (SSSR count). The third-order valence-electron chi connectivity index (χ3n) is 2.87. The van der Waals surface area contributed by atoms with Crippen molar-refractivity contribution in [2.45, 2.75) is 0 Å². The Balaban J connectivity index is 2.17. The fourth-order valence-corrected chi connectivity index (χ4v) is 1.89. The maximum absolute atomic E-state index is 13.7. The van der Waals surface area contributed by atoms with Gasteiger partial charge in [0.05, 0.1) is 34.0 Å². The maximum Gasteiger partial charge on any atom is 0.165 e. The van der Waals surface area contributed by atoms with Crippen LogP contribution in [0.25, 0.3) is 0 Å². The Hall–Kier alpha value is -1.33. The van der Waals surface area contributed by atoms with E-state index < -0.39 is 5.82 Å². The summed E-state index contributed by atoms with van der Waals surface area (Å²) in [5, 5.41) is 0. The van der Waals surface area contributed by atoms with Crippen LogP contribution in [0.15, 0.2) is 12.1 Å². The molecule has 0 atom stereocenters. The fourth-order valence-electron chi connectivity index (χ4n) is 1.89. The van der Waals surface area contributed by atoms with Crippen molar-refractivity contribution in [1.29, 1.82) is 0 Å². The van der Waals surface area contributed by atoms with E-state index in [1.807, 2.05) is 6.54 Å². The molecule has 99 valence electrons. The lowest BCUT2D eigenvalue weighted by molar-refractivity contribution is 0.0530. The fraction of sp³-hybridized carbons (Fsp3) is 0.462. The molecule has 1 aliphatic heterocycles. The molecule has 0 N–H and O–H groups in total. The number of rotatable bonds is 4. The maximum atomic E-state index is 13.7. The van der Waals surface area contributed by atoms with Crippen LogP contribution in [0.4, 0.5) is 4.39 Å². The molecule has 1 aliphatic rings. The van der Waals surface area contributed by atoms with Crippen LogP contribution in [0.1, 0.15) is 5.56 Å². The van der Waals surface area contributed by atoms with E-state index in [1.165, 1.54) is 13.2 Å². The van der Waals surface area contributed by atoms with Gasteiger partial charge in [-0.15, -0.1) is 0 Å². The summed E-state index contributed by atoms with van der Waals surface area (Å²) in [5.74, 6) is 0.392. The van der Waals surface area contributed by atoms with Gasteiger partial charge < -0.3 is 14.2 Å². The summed E-state index contributed by atoms with van der Waals surface area (Å²) in [7, 11) is 2.99. The summed E-state index contributed by atoms with van der Waals surface area (Å²) in [5.41, 5.74) is 0.706. The van der Waals surface area contributed by atoms with Crippen LogP contribution < -0.4 is 9.47 Å². The number of halogens is 1. The average Bonchev–Trinajstić information content (AvgIpc) is 2.40. The largest absolute Gasteiger partial charge is 0.496 e. The summed E-state index contributed by atoms with van der Waals surface area (Å²) in [6.07, 6.45) is 0. The van der Waals surface area contributed by atoms with Crippen molar-refractivity contribution < 1.29 is 18.6 Å². The van der Waals surface area contributed by atoms with Gasteiger partial charge in [0.2, 0.25) is 0 Å². The van der Waals surface area contributed by atoms with Gasteiger partial charge in [-0.1, -0.05) is 0 Å². The zero-order valence-corrected chi connectivity index (χ0v) is 10.6. The van der Waals surface area contributed by atoms with Crippen LogP contribution >= 0.6 is 0 Å².